The Balaban J connectivity index is 1.62. The van der Waals surface area contributed by atoms with Crippen LogP contribution < -0.4 is 16.0 Å². The van der Waals surface area contributed by atoms with Crippen LogP contribution in [0.1, 0.15) is 101 Å². The number of hydrogen-bond donors (Lipinski definition) is 4. The van der Waals surface area contributed by atoms with Crippen molar-refractivity contribution in [1.29, 1.82) is 0 Å². The summed E-state index contributed by atoms with van der Waals surface area (Å²) in [4.78, 5) is 51.3. The topological polar surface area (TPSA) is 129 Å². The zero-order valence-corrected chi connectivity index (χ0v) is 29.7. The second kappa shape index (κ2) is 13.1. The predicted octanol–water partition coefficient (Wildman–Crippen LogP) is 5.66. The number of Topliss-reactive ketones (excluding diaryl/α,β-unsaturated/α-hetero) is 1. The number of allylic oxidation sites excluding steroid dienone is 3. The Kier molecular flexibility index (Phi) is 9.05. The molecular formula is C40H46N4O5. The van der Waals surface area contributed by atoms with Crippen LogP contribution in [0.4, 0.5) is 0 Å². The molecule has 49 heavy (non-hydrogen) atoms. The summed E-state index contributed by atoms with van der Waals surface area (Å²) in [6.07, 6.45) is 11.5. The number of rotatable bonds is 8. The first-order valence-corrected chi connectivity index (χ1v) is 17.0. The van der Waals surface area contributed by atoms with Crippen LogP contribution in [0, 0.1) is 38.5 Å². The number of H-pyrrole nitrogens is 3. The van der Waals surface area contributed by atoms with E-state index in [9.17, 15) is 14.4 Å². The molecule has 5 heterocycles. The maximum absolute atomic E-state index is 14.2. The van der Waals surface area contributed by atoms with E-state index in [1.807, 2.05) is 32.9 Å². The maximum Gasteiger partial charge on any atom is 0.321 e. The number of nitrogens with one attached hydrogen (secondary N) is 4. The highest BCUT2D eigenvalue weighted by molar-refractivity contribution is 6.24. The van der Waals surface area contributed by atoms with Crippen LogP contribution in [-0.4, -0.2) is 46.4 Å². The van der Waals surface area contributed by atoms with Crippen molar-refractivity contribution in [3.8, 4) is 0 Å². The number of ether oxygens (including phenoxy) is 2. The smallest absolute Gasteiger partial charge is 0.321 e. The third-order valence-electron chi connectivity index (χ3n) is 10.5. The lowest BCUT2D eigenvalue weighted by atomic mass is 9.85. The van der Waals surface area contributed by atoms with E-state index in [4.69, 9.17) is 9.47 Å². The molecule has 1 saturated heterocycles. The van der Waals surface area contributed by atoms with Crippen LogP contribution in [0.2, 0.25) is 0 Å². The van der Waals surface area contributed by atoms with Crippen molar-refractivity contribution < 1.29 is 23.9 Å². The summed E-state index contributed by atoms with van der Waals surface area (Å²) in [5, 5.41) is 5.60. The molecule has 3 aromatic rings. The summed E-state index contributed by atoms with van der Waals surface area (Å²) in [5.74, 6) is -2.63. The number of fused-ring (bicyclic) bond motifs is 7. The van der Waals surface area contributed by atoms with Gasteiger partial charge in [-0.3, -0.25) is 14.4 Å². The van der Waals surface area contributed by atoms with Crippen molar-refractivity contribution in [1.82, 2.24) is 20.3 Å². The molecule has 0 radical (unpaired) electrons. The molecule has 3 aromatic heterocycles. The van der Waals surface area contributed by atoms with Crippen molar-refractivity contribution >= 4 is 47.6 Å². The Morgan fingerprint density at radius 1 is 0.959 bits per heavy atom. The van der Waals surface area contributed by atoms with E-state index in [2.05, 4.69) is 72.8 Å². The molecule has 3 atom stereocenters. The van der Waals surface area contributed by atoms with Gasteiger partial charge in [0.15, 0.2) is 5.78 Å². The molecule has 0 spiro atoms. The fraction of sp³-hybridized carbons (Fsp3) is 0.375. The molecule has 256 valence electrons. The average molecular weight is 663 g/mol. The van der Waals surface area contributed by atoms with Gasteiger partial charge in [-0.25, -0.2) is 0 Å². The number of aromatic nitrogens is 3. The molecule has 0 amide bonds. The lowest BCUT2D eigenvalue weighted by Crippen LogP contribution is -2.25. The summed E-state index contributed by atoms with van der Waals surface area (Å²) in [7, 11) is 1.31. The normalized spacial score (nSPS) is 23.1. The summed E-state index contributed by atoms with van der Waals surface area (Å²) >= 11 is 0. The van der Waals surface area contributed by atoms with E-state index < -0.39 is 11.9 Å². The van der Waals surface area contributed by atoms with E-state index in [0.29, 0.717) is 23.3 Å². The molecule has 0 saturated carbocycles. The molecule has 1 aliphatic carbocycles. The van der Waals surface area contributed by atoms with Gasteiger partial charge >= 0.3 is 11.9 Å². The molecule has 6 rings (SSSR count). The highest BCUT2D eigenvalue weighted by Gasteiger charge is 2.48. The van der Waals surface area contributed by atoms with Crippen molar-refractivity contribution in [3.05, 3.63) is 96.5 Å². The predicted molar refractivity (Wildman–Crippen MR) is 193 cm³/mol. The number of aromatic amines is 3. The summed E-state index contributed by atoms with van der Waals surface area (Å²) in [6.45, 7) is 18.6. The van der Waals surface area contributed by atoms with Crippen LogP contribution in [0.3, 0.4) is 0 Å². The quantitative estimate of drug-likeness (QED) is 0.140. The minimum Gasteiger partial charge on any atom is -0.468 e. The molecular weight excluding hydrogens is 616 g/mol. The fourth-order valence-electron chi connectivity index (χ4n) is 7.65. The monoisotopic (exact) mass is 662 g/mol. The molecule has 9 heteroatoms. The van der Waals surface area contributed by atoms with Gasteiger partial charge in [-0.05, 0) is 94.0 Å². The van der Waals surface area contributed by atoms with Gasteiger partial charge in [0.2, 0.25) is 0 Å². The Hall–Kier alpha value is -5.05. The van der Waals surface area contributed by atoms with Gasteiger partial charge in [0.25, 0.3) is 0 Å². The number of carbonyl (C=O) groups excluding carboxylic acids is 3. The van der Waals surface area contributed by atoms with Crippen LogP contribution in [0.15, 0.2) is 29.6 Å². The number of ketones is 1. The van der Waals surface area contributed by atoms with Crippen LogP contribution in [0.25, 0.3) is 29.9 Å². The molecule has 3 aliphatic rings. The summed E-state index contributed by atoms with van der Waals surface area (Å²) in [5.41, 5.74) is 12.2. The number of esters is 2. The van der Waals surface area contributed by atoms with E-state index in [1.54, 1.807) is 0 Å². The number of methoxy groups -OCH3 is 1. The molecule has 4 N–H and O–H groups in total. The first-order chi connectivity index (χ1) is 23.4. The molecule has 9 nitrogen and oxygen atoms in total. The van der Waals surface area contributed by atoms with Gasteiger partial charge in [0.1, 0.15) is 12.5 Å². The van der Waals surface area contributed by atoms with Gasteiger partial charge < -0.3 is 29.7 Å². The molecule has 2 aliphatic heterocycles. The third kappa shape index (κ3) is 5.75. The Labute approximate surface area is 286 Å². The standard InChI is InChI=1S/C40H46N4O5/c1-10-24-20(5)27-16-29-22(7)26(12-13-33(45)49-15-14-19(3)4)37(43-29)35-36(40(47)48-9)39(46)34-23(8)30(44-38(34)35)18-32-25(11-2)21(6)28(42-32)17-31(24)41-27/h10,14,16-18,22,26,36,41-44H,1,11-13,15H2,2-9H3/b28-17+,29-16-,32-18-,37-35-/t22-,26-,36+/m0/s1. The lowest BCUT2D eigenvalue weighted by Gasteiger charge is -2.19. The lowest BCUT2D eigenvalue weighted by molar-refractivity contribution is -0.143. The van der Waals surface area contributed by atoms with Gasteiger partial charge in [-0.15, -0.1) is 0 Å². The first-order valence-electron chi connectivity index (χ1n) is 17.0. The largest absolute Gasteiger partial charge is 0.468 e. The maximum atomic E-state index is 14.2. The van der Waals surface area contributed by atoms with E-state index in [0.717, 1.165) is 73.4 Å². The average Bonchev–Trinajstić information content (AvgIpc) is 3.80. The van der Waals surface area contributed by atoms with E-state index in [-0.39, 0.29) is 36.6 Å². The Morgan fingerprint density at radius 3 is 2.35 bits per heavy atom. The van der Waals surface area contributed by atoms with Crippen LogP contribution in [-0.2, 0) is 25.5 Å². The minimum atomic E-state index is -1.13. The van der Waals surface area contributed by atoms with E-state index in [1.165, 1.54) is 12.7 Å². The highest BCUT2D eigenvalue weighted by atomic mass is 16.5. The second-order valence-electron chi connectivity index (χ2n) is 13.6. The number of carbonyl (C=O) groups is 3. The highest BCUT2D eigenvalue weighted by Crippen LogP contribution is 2.48. The van der Waals surface area contributed by atoms with Gasteiger partial charge in [0.05, 0.1) is 12.8 Å². The Morgan fingerprint density at radius 2 is 1.67 bits per heavy atom. The Bertz CT molecular complexity index is 2130. The van der Waals surface area contributed by atoms with Gasteiger partial charge in [0, 0.05) is 74.1 Å². The van der Waals surface area contributed by atoms with Crippen LogP contribution in [0.5, 0.6) is 0 Å². The number of hydrogen-bond acceptors (Lipinski definition) is 6. The van der Waals surface area contributed by atoms with Crippen molar-refractivity contribution in [2.75, 3.05) is 13.7 Å². The van der Waals surface area contributed by atoms with Crippen molar-refractivity contribution in [2.24, 2.45) is 17.8 Å². The second-order valence-corrected chi connectivity index (χ2v) is 13.6. The van der Waals surface area contributed by atoms with Gasteiger partial charge in [-0.2, -0.15) is 0 Å². The molecule has 0 unspecified atom stereocenters. The zero-order valence-electron chi connectivity index (χ0n) is 29.7. The van der Waals surface area contributed by atoms with Crippen molar-refractivity contribution in [2.45, 2.75) is 67.7 Å². The van der Waals surface area contributed by atoms with Crippen LogP contribution >= 0.6 is 0 Å². The fourth-order valence-corrected chi connectivity index (χ4v) is 7.65. The van der Waals surface area contributed by atoms with Gasteiger partial charge in [-0.1, -0.05) is 32.1 Å². The summed E-state index contributed by atoms with van der Waals surface area (Å²) in [6, 6.07) is 0. The first kappa shape index (κ1) is 33.8. The third-order valence-corrected chi connectivity index (χ3v) is 10.5. The SMILES string of the molecule is C=Cc1c2[nH]c(c1C)/C=C1\N/C(=C3\c4[nH]c(c(C)c4C(=O)[C@@H]3C(=O)OC)/C=c3\[nH]/c(c(C)c3CC)=C/2)[C@@H](CCC(=O)OCC=C(C)C)[C@@H]1C. The molecule has 0 aromatic carbocycles. The zero-order chi connectivity index (χ0) is 35.3. The molecule has 1 fully saturated rings. The van der Waals surface area contributed by atoms with E-state index >= 15 is 0 Å². The van der Waals surface area contributed by atoms with Crippen molar-refractivity contribution in [3.63, 3.8) is 0 Å². The molecule has 8 bridgehead atoms. The minimum absolute atomic E-state index is 0.0782. The summed E-state index contributed by atoms with van der Waals surface area (Å²) < 4.78 is 10.7.